The van der Waals surface area contributed by atoms with E-state index in [1.54, 1.807) is 25.1 Å². The van der Waals surface area contributed by atoms with Gasteiger partial charge >= 0.3 is 0 Å². The average Bonchev–Trinajstić information content (AvgIpc) is 2.16. The molecule has 1 aromatic carbocycles. The molecule has 1 atom stereocenters. The minimum Gasteiger partial charge on any atom is -0.387 e. The first-order valence-corrected chi connectivity index (χ1v) is 4.80. The second-order valence-electron chi connectivity index (χ2n) is 3.27. The molecule has 0 aliphatic rings. The molecule has 78 valence electrons. The topological polar surface area (TPSA) is 23.5 Å². The van der Waals surface area contributed by atoms with E-state index in [0.29, 0.717) is 11.3 Å². The Hall–Kier alpha value is -0.800. The largest absolute Gasteiger partial charge is 0.387 e. The summed E-state index contributed by atoms with van der Waals surface area (Å²) < 4.78 is 12.9. The highest BCUT2D eigenvalue weighted by Crippen LogP contribution is 2.26. The molecule has 1 aromatic rings. The first-order valence-electron chi connectivity index (χ1n) is 4.27. The predicted octanol–water partition coefficient (Wildman–Crippen LogP) is 2.16. The van der Waals surface area contributed by atoms with E-state index in [2.05, 4.69) is 0 Å². The van der Waals surface area contributed by atoms with Crippen molar-refractivity contribution >= 4 is 17.3 Å². The normalized spacial score (nSPS) is 12.6. The van der Waals surface area contributed by atoms with E-state index >= 15 is 0 Å². The Kier molecular flexibility index (Phi) is 3.72. The molecule has 0 spiro atoms. The molecule has 0 amide bonds. The minimum atomic E-state index is -0.755. The SMILES string of the molecule is CN(C)c1cc(F)ccc1C(O)CCl. The van der Waals surface area contributed by atoms with Crippen molar-refractivity contribution in [1.82, 2.24) is 0 Å². The van der Waals surface area contributed by atoms with Crippen LogP contribution in [0.15, 0.2) is 18.2 Å². The van der Waals surface area contributed by atoms with Crippen LogP contribution in [0.2, 0.25) is 0 Å². The van der Waals surface area contributed by atoms with Crippen molar-refractivity contribution in [1.29, 1.82) is 0 Å². The molecule has 0 aromatic heterocycles. The zero-order chi connectivity index (χ0) is 10.7. The van der Waals surface area contributed by atoms with Gasteiger partial charge < -0.3 is 10.0 Å². The third-order valence-electron chi connectivity index (χ3n) is 1.98. The average molecular weight is 218 g/mol. The van der Waals surface area contributed by atoms with Crippen LogP contribution in [0.5, 0.6) is 0 Å². The summed E-state index contributed by atoms with van der Waals surface area (Å²) in [4.78, 5) is 1.74. The molecule has 0 heterocycles. The van der Waals surface area contributed by atoms with Crippen molar-refractivity contribution in [2.24, 2.45) is 0 Å². The number of anilines is 1. The lowest BCUT2D eigenvalue weighted by molar-refractivity contribution is 0.203. The van der Waals surface area contributed by atoms with Crippen LogP contribution in [-0.4, -0.2) is 25.1 Å². The third-order valence-corrected chi connectivity index (χ3v) is 2.27. The maximum atomic E-state index is 12.9. The van der Waals surface area contributed by atoms with E-state index in [-0.39, 0.29) is 11.7 Å². The molecular formula is C10H13ClFNO. The third kappa shape index (κ3) is 2.36. The molecule has 1 N–H and O–H groups in total. The standard InChI is InChI=1S/C10H13ClFNO/c1-13(2)9-5-7(12)3-4-8(9)10(14)6-11/h3-5,10,14H,6H2,1-2H3. The Morgan fingerprint density at radius 2 is 2.14 bits per heavy atom. The Bertz CT molecular complexity index is 317. The molecule has 0 saturated heterocycles. The van der Waals surface area contributed by atoms with E-state index in [1.807, 2.05) is 0 Å². The van der Waals surface area contributed by atoms with Gasteiger partial charge in [0.15, 0.2) is 0 Å². The van der Waals surface area contributed by atoms with Gasteiger partial charge in [-0.25, -0.2) is 4.39 Å². The molecule has 0 radical (unpaired) electrons. The van der Waals surface area contributed by atoms with Gasteiger partial charge in [-0.2, -0.15) is 0 Å². The molecule has 0 saturated carbocycles. The molecular weight excluding hydrogens is 205 g/mol. The van der Waals surface area contributed by atoms with Crippen molar-refractivity contribution in [2.45, 2.75) is 6.10 Å². The van der Waals surface area contributed by atoms with Crippen LogP contribution in [0.4, 0.5) is 10.1 Å². The van der Waals surface area contributed by atoms with Crippen LogP contribution >= 0.6 is 11.6 Å². The maximum absolute atomic E-state index is 12.9. The fourth-order valence-electron chi connectivity index (χ4n) is 1.27. The molecule has 1 rings (SSSR count). The van der Waals surface area contributed by atoms with Crippen LogP contribution in [0.3, 0.4) is 0 Å². The number of aliphatic hydroxyl groups is 1. The summed E-state index contributed by atoms with van der Waals surface area (Å²) in [5, 5.41) is 9.57. The maximum Gasteiger partial charge on any atom is 0.125 e. The summed E-state index contributed by atoms with van der Waals surface area (Å²) in [5.41, 5.74) is 1.30. The Morgan fingerprint density at radius 3 is 2.64 bits per heavy atom. The lowest BCUT2D eigenvalue weighted by atomic mass is 10.1. The number of alkyl halides is 1. The first-order chi connectivity index (χ1) is 6.56. The van der Waals surface area contributed by atoms with E-state index < -0.39 is 6.10 Å². The van der Waals surface area contributed by atoms with Crippen LogP contribution in [0.1, 0.15) is 11.7 Å². The number of hydrogen-bond donors (Lipinski definition) is 1. The fraction of sp³-hybridized carbons (Fsp3) is 0.400. The summed E-state index contributed by atoms with van der Waals surface area (Å²) >= 11 is 5.54. The monoisotopic (exact) mass is 217 g/mol. The Labute approximate surface area is 87.9 Å². The Balaban J connectivity index is 3.14. The number of nitrogens with zero attached hydrogens (tertiary/aromatic N) is 1. The number of hydrogen-bond acceptors (Lipinski definition) is 2. The van der Waals surface area contributed by atoms with Crippen molar-refractivity contribution < 1.29 is 9.50 Å². The second kappa shape index (κ2) is 4.62. The van der Waals surface area contributed by atoms with Crippen molar-refractivity contribution in [2.75, 3.05) is 24.9 Å². The van der Waals surface area contributed by atoms with E-state index in [4.69, 9.17) is 11.6 Å². The van der Waals surface area contributed by atoms with Gasteiger partial charge in [0.1, 0.15) is 5.82 Å². The fourth-order valence-corrected chi connectivity index (χ4v) is 1.44. The molecule has 0 bridgehead atoms. The molecule has 0 fully saturated rings. The summed E-state index contributed by atoms with van der Waals surface area (Å²) in [5.74, 6) is -0.217. The number of aliphatic hydroxyl groups excluding tert-OH is 1. The highest BCUT2D eigenvalue weighted by atomic mass is 35.5. The van der Waals surface area contributed by atoms with Crippen LogP contribution in [0.25, 0.3) is 0 Å². The highest BCUT2D eigenvalue weighted by Gasteiger charge is 2.13. The molecule has 0 aliphatic carbocycles. The van der Waals surface area contributed by atoms with Gasteiger partial charge in [0.25, 0.3) is 0 Å². The van der Waals surface area contributed by atoms with Crippen LogP contribution < -0.4 is 4.90 Å². The summed E-state index contributed by atoms with van der Waals surface area (Å²) in [6.07, 6.45) is -0.755. The number of rotatable bonds is 3. The zero-order valence-electron chi connectivity index (χ0n) is 8.17. The molecule has 0 aliphatic heterocycles. The van der Waals surface area contributed by atoms with E-state index in [9.17, 15) is 9.50 Å². The van der Waals surface area contributed by atoms with Crippen molar-refractivity contribution in [3.8, 4) is 0 Å². The van der Waals surface area contributed by atoms with Crippen molar-refractivity contribution in [3.05, 3.63) is 29.6 Å². The van der Waals surface area contributed by atoms with Gasteiger partial charge in [-0.3, -0.25) is 0 Å². The number of halogens is 2. The summed E-state index contributed by atoms with van der Waals surface area (Å²) in [6.45, 7) is 0. The Morgan fingerprint density at radius 1 is 1.50 bits per heavy atom. The van der Waals surface area contributed by atoms with Gasteiger partial charge in [-0.05, 0) is 12.1 Å². The van der Waals surface area contributed by atoms with Crippen molar-refractivity contribution in [3.63, 3.8) is 0 Å². The lowest BCUT2D eigenvalue weighted by Crippen LogP contribution is -2.14. The van der Waals surface area contributed by atoms with Gasteiger partial charge in [-0.1, -0.05) is 6.07 Å². The second-order valence-corrected chi connectivity index (χ2v) is 3.58. The summed E-state index contributed by atoms with van der Waals surface area (Å²) in [7, 11) is 3.58. The molecule has 14 heavy (non-hydrogen) atoms. The van der Waals surface area contributed by atoms with E-state index in [0.717, 1.165) is 0 Å². The first kappa shape index (κ1) is 11.3. The van der Waals surface area contributed by atoms with Gasteiger partial charge in [0, 0.05) is 25.3 Å². The smallest absolute Gasteiger partial charge is 0.125 e. The minimum absolute atomic E-state index is 0.104. The highest BCUT2D eigenvalue weighted by molar-refractivity contribution is 6.18. The van der Waals surface area contributed by atoms with Crippen LogP contribution in [0, 0.1) is 5.82 Å². The van der Waals surface area contributed by atoms with Crippen LogP contribution in [-0.2, 0) is 0 Å². The molecule has 1 unspecified atom stereocenters. The number of benzene rings is 1. The molecule has 2 nitrogen and oxygen atoms in total. The van der Waals surface area contributed by atoms with Gasteiger partial charge in [0.05, 0.1) is 12.0 Å². The quantitative estimate of drug-likeness (QED) is 0.785. The predicted molar refractivity (Wildman–Crippen MR) is 56.4 cm³/mol. The van der Waals surface area contributed by atoms with Gasteiger partial charge in [0.2, 0.25) is 0 Å². The summed E-state index contributed by atoms with van der Waals surface area (Å²) in [6, 6.07) is 4.25. The van der Waals surface area contributed by atoms with E-state index in [1.165, 1.54) is 12.1 Å². The zero-order valence-corrected chi connectivity index (χ0v) is 8.92. The lowest BCUT2D eigenvalue weighted by Gasteiger charge is -2.19. The molecule has 4 heteroatoms. The van der Waals surface area contributed by atoms with Gasteiger partial charge in [-0.15, -0.1) is 11.6 Å².